The summed E-state index contributed by atoms with van der Waals surface area (Å²) in [7, 11) is 0. The van der Waals surface area contributed by atoms with Gasteiger partial charge in [-0.25, -0.2) is 9.59 Å². The Bertz CT molecular complexity index is 357. The second-order valence-electron chi connectivity index (χ2n) is 4.81. The van der Waals surface area contributed by atoms with Crippen molar-refractivity contribution in [1.82, 2.24) is 16.0 Å². The monoisotopic (exact) mass is 287 g/mol. The van der Waals surface area contributed by atoms with Crippen molar-refractivity contribution in [2.24, 2.45) is 0 Å². The lowest BCUT2D eigenvalue weighted by molar-refractivity contribution is -0.140. The molecule has 0 aromatic rings. The van der Waals surface area contributed by atoms with Crippen LogP contribution in [0.1, 0.15) is 32.1 Å². The minimum absolute atomic E-state index is 0.138. The van der Waals surface area contributed by atoms with Gasteiger partial charge in [-0.1, -0.05) is 0 Å². The molecule has 8 nitrogen and oxygen atoms in total. The third-order valence-electron chi connectivity index (χ3n) is 2.90. The maximum Gasteiger partial charge on any atom is 0.326 e. The predicted molar refractivity (Wildman–Crippen MR) is 70.5 cm³/mol. The number of carbonyl (C=O) groups excluding carboxylic acids is 1. The van der Waals surface area contributed by atoms with Crippen LogP contribution in [-0.2, 0) is 9.59 Å². The van der Waals surface area contributed by atoms with E-state index >= 15 is 0 Å². The lowest BCUT2D eigenvalue weighted by atomic mass is 10.1. The van der Waals surface area contributed by atoms with E-state index in [1.165, 1.54) is 12.8 Å². The molecule has 5 N–H and O–H groups in total. The molecule has 0 heterocycles. The van der Waals surface area contributed by atoms with Crippen LogP contribution in [0.3, 0.4) is 0 Å². The largest absolute Gasteiger partial charge is 0.481 e. The van der Waals surface area contributed by atoms with Crippen LogP contribution in [0.25, 0.3) is 0 Å². The molecule has 1 fully saturated rings. The molecule has 0 aromatic carbocycles. The lowest BCUT2D eigenvalue weighted by Gasteiger charge is -2.14. The van der Waals surface area contributed by atoms with Gasteiger partial charge in [0.1, 0.15) is 6.04 Å². The highest BCUT2D eigenvalue weighted by Crippen LogP contribution is 2.18. The van der Waals surface area contributed by atoms with Gasteiger partial charge in [0.15, 0.2) is 0 Å². The number of carboxylic acids is 2. The van der Waals surface area contributed by atoms with Gasteiger partial charge in [-0.05, 0) is 32.2 Å². The third-order valence-corrected chi connectivity index (χ3v) is 2.90. The van der Waals surface area contributed by atoms with Gasteiger partial charge in [0.2, 0.25) is 0 Å². The topological polar surface area (TPSA) is 128 Å². The van der Waals surface area contributed by atoms with Gasteiger partial charge >= 0.3 is 18.0 Å². The van der Waals surface area contributed by atoms with E-state index in [9.17, 15) is 14.4 Å². The number of amides is 2. The van der Waals surface area contributed by atoms with Crippen molar-refractivity contribution in [1.29, 1.82) is 0 Å². The summed E-state index contributed by atoms with van der Waals surface area (Å²) >= 11 is 0. The van der Waals surface area contributed by atoms with Crippen molar-refractivity contribution in [2.45, 2.75) is 44.2 Å². The van der Waals surface area contributed by atoms with Crippen LogP contribution in [-0.4, -0.2) is 53.4 Å². The fourth-order valence-corrected chi connectivity index (χ4v) is 1.62. The molecule has 2 amide bonds. The zero-order valence-electron chi connectivity index (χ0n) is 11.2. The molecule has 0 radical (unpaired) electrons. The van der Waals surface area contributed by atoms with Crippen molar-refractivity contribution in [3.63, 3.8) is 0 Å². The highest BCUT2D eigenvalue weighted by atomic mass is 16.4. The Morgan fingerprint density at radius 1 is 1.15 bits per heavy atom. The number of hydrogen-bond acceptors (Lipinski definition) is 4. The maximum absolute atomic E-state index is 11.5. The molecule has 1 aliphatic carbocycles. The Hall–Kier alpha value is -1.83. The number of urea groups is 1. The number of carbonyl (C=O) groups is 3. The predicted octanol–water partition coefficient (Wildman–Crippen LogP) is -0.254. The first-order valence-corrected chi connectivity index (χ1v) is 6.71. The summed E-state index contributed by atoms with van der Waals surface area (Å²) in [5.41, 5.74) is 0. The molecule has 20 heavy (non-hydrogen) atoms. The Balaban J connectivity index is 2.12. The van der Waals surface area contributed by atoms with Crippen molar-refractivity contribution in [2.75, 3.05) is 13.1 Å². The zero-order chi connectivity index (χ0) is 15.0. The average molecular weight is 287 g/mol. The fourth-order valence-electron chi connectivity index (χ4n) is 1.62. The van der Waals surface area contributed by atoms with Gasteiger partial charge in [0.05, 0.1) is 0 Å². The first-order chi connectivity index (χ1) is 9.49. The minimum Gasteiger partial charge on any atom is -0.481 e. The summed E-state index contributed by atoms with van der Waals surface area (Å²) in [5, 5.41) is 25.5. The second-order valence-corrected chi connectivity index (χ2v) is 4.81. The van der Waals surface area contributed by atoms with Crippen LogP contribution >= 0.6 is 0 Å². The van der Waals surface area contributed by atoms with Crippen LogP contribution in [0, 0.1) is 0 Å². The van der Waals surface area contributed by atoms with Crippen molar-refractivity contribution >= 4 is 18.0 Å². The van der Waals surface area contributed by atoms with Gasteiger partial charge in [0, 0.05) is 19.0 Å². The number of carboxylic acid groups (broad SMARTS) is 2. The van der Waals surface area contributed by atoms with Gasteiger partial charge in [-0.3, -0.25) is 4.79 Å². The van der Waals surface area contributed by atoms with Crippen molar-refractivity contribution in [3.05, 3.63) is 0 Å². The van der Waals surface area contributed by atoms with E-state index < -0.39 is 24.0 Å². The highest BCUT2D eigenvalue weighted by Gasteiger charge is 2.21. The van der Waals surface area contributed by atoms with Crippen LogP contribution in [0.5, 0.6) is 0 Å². The zero-order valence-corrected chi connectivity index (χ0v) is 11.2. The van der Waals surface area contributed by atoms with Gasteiger partial charge in [-0.15, -0.1) is 0 Å². The fraction of sp³-hybridized carbons (Fsp3) is 0.750. The summed E-state index contributed by atoms with van der Waals surface area (Å²) in [6.45, 7) is 1.25. The molecular weight excluding hydrogens is 266 g/mol. The Morgan fingerprint density at radius 3 is 2.40 bits per heavy atom. The third kappa shape index (κ3) is 7.57. The normalized spacial score (nSPS) is 15.4. The summed E-state index contributed by atoms with van der Waals surface area (Å²) < 4.78 is 0. The number of aliphatic carboxylic acids is 2. The first kappa shape index (κ1) is 16.2. The van der Waals surface area contributed by atoms with E-state index in [0.717, 1.165) is 13.0 Å². The number of nitrogens with one attached hydrogen (secondary N) is 3. The van der Waals surface area contributed by atoms with Crippen LogP contribution in [0.15, 0.2) is 0 Å². The van der Waals surface area contributed by atoms with Gasteiger partial charge in [0.25, 0.3) is 0 Å². The average Bonchev–Trinajstić information content (AvgIpc) is 3.17. The van der Waals surface area contributed by atoms with Gasteiger partial charge in [-0.2, -0.15) is 0 Å². The number of rotatable bonds is 10. The Kier molecular flexibility index (Phi) is 6.78. The molecule has 0 spiro atoms. The van der Waals surface area contributed by atoms with E-state index in [1.807, 2.05) is 0 Å². The molecule has 0 aromatic heterocycles. The summed E-state index contributed by atoms with van der Waals surface area (Å²) in [6, 6.07) is -1.15. The molecule has 8 heteroatoms. The quantitative estimate of drug-likeness (QED) is 0.352. The molecule has 0 unspecified atom stereocenters. The molecule has 1 aliphatic rings. The highest BCUT2D eigenvalue weighted by molar-refractivity contribution is 5.82. The summed E-state index contributed by atoms with van der Waals surface area (Å²) in [6.07, 6.45) is 2.73. The molecule has 0 aliphatic heterocycles. The summed E-state index contributed by atoms with van der Waals surface area (Å²) in [4.78, 5) is 32.7. The second kappa shape index (κ2) is 8.36. The molecule has 1 rings (SSSR count). The van der Waals surface area contributed by atoms with E-state index in [2.05, 4.69) is 16.0 Å². The molecule has 0 bridgehead atoms. The van der Waals surface area contributed by atoms with Crippen molar-refractivity contribution < 1.29 is 24.6 Å². The van der Waals surface area contributed by atoms with Crippen LogP contribution < -0.4 is 16.0 Å². The van der Waals surface area contributed by atoms with E-state index in [0.29, 0.717) is 12.6 Å². The van der Waals surface area contributed by atoms with Crippen molar-refractivity contribution in [3.8, 4) is 0 Å². The lowest BCUT2D eigenvalue weighted by Crippen LogP contribution is -2.46. The molecule has 0 saturated heterocycles. The SMILES string of the molecule is O=C(O)CC[C@H](NC(=O)NCCCNC1CC1)C(=O)O. The standard InChI is InChI=1S/C12H21N3O5/c16-10(17)5-4-9(11(18)19)15-12(20)14-7-1-6-13-8-2-3-8/h8-9,13H,1-7H2,(H,16,17)(H,18,19)(H2,14,15,20)/t9-/m0/s1. The van der Waals surface area contributed by atoms with Crippen LogP contribution in [0.2, 0.25) is 0 Å². The van der Waals surface area contributed by atoms with E-state index in [-0.39, 0.29) is 12.8 Å². The smallest absolute Gasteiger partial charge is 0.326 e. The number of hydrogen-bond donors (Lipinski definition) is 5. The minimum atomic E-state index is -1.24. The Labute approximate surface area is 116 Å². The molecule has 1 atom stereocenters. The first-order valence-electron chi connectivity index (χ1n) is 6.71. The van der Waals surface area contributed by atoms with E-state index in [4.69, 9.17) is 10.2 Å². The Morgan fingerprint density at radius 2 is 1.85 bits per heavy atom. The molecule has 114 valence electrons. The van der Waals surface area contributed by atoms with Crippen LogP contribution in [0.4, 0.5) is 4.79 Å². The molecular formula is C12H21N3O5. The van der Waals surface area contributed by atoms with Gasteiger partial charge < -0.3 is 26.2 Å². The summed E-state index contributed by atoms with van der Waals surface area (Å²) in [5.74, 6) is -2.33. The molecule has 1 saturated carbocycles. The maximum atomic E-state index is 11.5. The van der Waals surface area contributed by atoms with E-state index in [1.54, 1.807) is 0 Å².